The van der Waals surface area contributed by atoms with E-state index in [0.29, 0.717) is 11.6 Å². The van der Waals surface area contributed by atoms with Crippen LogP contribution < -0.4 is 10.6 Å². The van der Waals surface area contributed by atoms with Gasteiger partial charge in [0.1, 0.15) is 10.4 Å². The van der Waals surface area contributed by atoms with E-state index in [1.807, 2.05) is 6.07 Å². The zero-order chi connectivity index (χ0) is 14.0. The average Bonchev–Trinajstić information content (AvgIpc) is 2.26. The van der Waals surface area contributed by atoms with Crippen LogP contribution in [-0.2, 0) is 0 Å². The Kier molecular flexibility index (Phi) is 4.51. The van der Waals surface area contributed by atoms with E-state index in [2.05, 4.69) is 65.3 Å². The van der Waals surface area contributed by atoms with Gasteiger partial charge in [0, 0.05) is 0 Å². The first kappa shape index (κ1) is 14.8. The number of hydrogen-bond acceptors (Lipinski definition) is 3. The zero-order valence-electron chi connectivity index (χ0n) is 12.3. The minimum Gasteiger partial charge on any atom is -0.355 e. The van der Waals surface area contributed by atoms with E-state index in [9.17, 15) is 0 Å². The molecule has 1 aliphatic rings. The van der Waals surface area contributed by atoms with Gasteiger partial charge in [0.25, 0.3) is 0 Å². The highest BCUT2D eigenvalue weighted by molar-refractivity contribution is 9.10. The van der Waals surface area contributed by atoms with Gasteiger partial charge in [0.2, 0.25) is 0 Å². The van der Waals surface area contributed by atoms with Gasteiger partial charge in [-0.15, -0.1) is 0 Å². The lowest BCUT2D eigenvalue weighted by atomic mass is 9.75. The first-order valence-electron chi connectivity index (χ1n) is 6.99. The highest BCUT2D eigenvalue weighted by atomic mass is 79.9. The summed E-state index contributed by atoms with van der Waals surface area (Å²) in [5, 5.41) is 7.05. The summed E-state index contributed by atoms with van der Waals surface area (Å²) in [6.45, 7) is 10.2. The van der Waals surface area contributed by atoms with E-state index in [0.717, 1.165) is 29.3 Å². The number of nitrogens with zero attached hydrogens (tertiary/aromatic N) is 1. The Morgan fingerprint density at radius 2 is 2.11 bits per heavy atom. The number of pyridine rings is 1. The van der Waals surface area contributed by atoms with Gasteiger partial charge in [-0.2, -0.15) is 0 Å². The Hall–Kier alpha value is -0.610. The number of piperidine rings is 1. The molecule has 19 heavy (non-hydrogen) atoms. The molecule has 0 saturated carbocycles. The van der Waals surface area contributed by atoms with Crippen LogP contribution in [0.25, 0.3) is 0 Å². The Morgan fingerprint density at radius 3 is 2.74 bits per heavy atom. The number of aryl methyl sites for hydroxylation is 1. The van der Waals surface area contributed by atoms with E-state index in [-0.39, 0.29) is 0 Å². The van der Waals surface area contributed by atoms with E-state index in [4.69, 9.17) is 0 Å². The van der Waals surface area contributed by atoms with Gasteiger partial charge in [-0.3, -0.25) is 5.32 Å². The fourth-order valence-electron chi connectivity index (χ4n) is 2.69. The van der Waals surface area contributed by atoms with E-state index < -0.39 is 0 Å². The molecular formula is C15H24BrN3. The van der Waals surface area contributed by atoms with E-state index >= 15 is 0 Å². The van der Waals surface area contributed by atoms with E-state index in [1.54, 1.807) is 0 Å². The van der Waals surface area contributed by atoms with Gasteiger partial charge in [0.15, 0.2) is 0 Å². The highest BCUT2D eigenvalue weighted by Gasteiger charge is 2.30. The van der Waals surface area contributed by atoms with E-state index in [1.165, 1.54) is 12.0 Å². The summed E-state index contributed by atoms with van der Waals surface area (Å²) in [6, 6.07) is 4.12. The van der Waals surface area contributed by atoms with Crippen molar-refractivity contribution in [3.63, 3.8) is 0 Å². The van der Waals surface area contributed by atoms with Crippen LogP contribution in [0.4, 0.5) is 5.82 Å². The fraction of sp³-hybridized carbons (Fsp3) is 0.667. The lowest BCUT2D eigenvalue weighted by Crippen LogP contribution is -2.46. The normalized spacial score (nSPS) is 24.3. The summed E-state index contributed by atoms with van der Waals surface area (Å²) in [7, 11) is 0. The van der Waals surface area contributed by atoms with Crippen LogP contribution in [0.2, 0.25) is 0 Å². The van der Waals surface area contributed by atoms with Crippen molar-refractivity contribution in [3.05, 3.63) is 22.3 Å². The standard InChI is InChI=1S/C15H24BrN3/c1-10-7-12(16)18-14(8-10)19-13-9-11(5-6-17-13)15(2,3)4/h7-8,11,13,17H,5-6,9H2,1-4H3,(H,18,19). The topological polar surface area (TPSA) is 37.0 Å². The second kappa shape index (κ2) is 5.80. The Balaban J connectivity index is 2.02. The SMILES string of the molecule is Cc1cc(Br)nc(NC2CC(C(C)(C)C)CCN2)c1. The summed E-state index contributed by atoms with van der Waals surface area (Å²) in [5.41, 5.74) is 1.59. The molecule has 0 spiro atoms. The molecule has 2 atom stereocenters. The van der Waals surface area contributed by atoms with Crippen molar-refractivity contribution in [3.8, 4) is 0 Å². The van der Waals surface area contributed by atoms with Gasteiger partial charge in [0.05, 0.1) is 6.17 Å². The van der Waals surface area contributed by atoms with Crippen LogP contribution in [0.15, 0.2) is 16.7 Å². The minimum absolute atomic E-state index is 0.319. The molecule has 1 aromatic heterocycles. The molecule has 106 valence electrons. The summed E-state index contributed by atoms with van der Waals surface area (Å²) < 4.78 is 0.887. The maximum atomic E-state index is 4.48. The molecule has 0 bridgehead atoms. The van der Waals surface area contributed by atoms with Crippen molar-refractivity contribution >= 4 is 21.7 Å². The van der Waals surface area contributed by atoms with Crippen LogP contribution in [0, 0.1) is 18.3 Å². The zero-order valence-corrected chi connectivity index (χ0v) is 13.8. The maximum Gasteiger partial charge on any atom is 0.128 e. The van der Waals surface area contributed by atoms with Gasteiger partial charge in [-0.1, -0.05) is 20.8 Å². The summed E-state index contributed by atoms with van der Waals surface area (Å²) >= 11 is 3.45. The summed E-state index contributed by atoms with van der Waals surface area (Å²) in [4.78, 5) is 4.48. The van der Waals surface area contributed by atoms with Crippen molar-refractivity contribution in [1.82, 2.24) is 10.3 Å². The van der Waals surface area contributed by atoms with Gasteiger partial charge >= 0.3 is 0 Å². The molecule has 1 aliphatic heterocycles. The average molecular weight is 326 g/mol. The minimum atomic E-state index is 0.319. The molecule has 0 radical (unpaired) electrons. The molecule has 3 nitrogen and oxygen atoms in total. The molecule has 0 aromatic carbocycles. The molecule has 0 aliphatic carbocycles. The van der Waals surface area contributed by atoms with Gasteiger partial charge < -0.3 is 5.32 Å². The summed E-state index contributed by atoms with van der Waals surface area (Å²) in [5.74, 6) is 1.69. The van der Waals surface area contributed by atoms with Crippen molar-refractivity contribution in [2.24, 2.45) is 11.3 Å². The van der Waals surface area contributed by atoms with Crippen LogP contribution in [-0.4, -0.2) is 17.7 Å². The predicted octanol–water partition coefficient (Wildman–Crippen LogP) is 3.94. The molecule has 1 fully saturated rings. The summed E-state index contributed by atoms with van der Waals surface area (Å²) in [6.07, 6.45) is 2.72. The first-order valence-corrected chi connectivity index (χ1v) is 7.78. The molecule has 2 N–H and O–H groups in total. The number of aromatic nitrogens is 1. The van der Waals surface area contributed by atoms with Crippen LogP contribution >= 0.6 is 15.9 Å². The molecule has 1 saturated heterocycles. The third-order valence-electron chi connectivity index (χ3n) is 3.89. The van der Waals surface area contributed by atoms with Crippen molar-refractivity contribution < 1.29 is 0 Å². The molecular weight excluding hydrogens is 302 g/mol. The van der Waals surface area contributed by atoms with Gasteiger partial charge in [-0.25, -0.2) is 4.98 Å². The quantitative estimate of drug-likeness (QED) is 0.809. The van der Waals surface area contributed by atoms with Gasteiger partial charge in [-0.05, 0) is 71.3 Å². The number of nitrogens with one attached hydrogen (secondary N) is 2. The second-order valence-corrected chi connectivity index (χ2v) is 7.40. The second-order valence-electron chi connectivity index (χ2n) is 6.59. The predicted molar refractivity (Wildman–Crippen MR) is 84.3 cm³/mol. The smallest absolute Gasteiger partial charge is 0.128 e. The number of anilines is 1. The van der Waals surface area contributed by atoms with Crippen molar-refractivity contribution in [1.29, 1.82) is 0 Å². The number of halogens is 1. The Labute approximate surface area is 124 Å². The number of rotatable bonds is 2. The fourth-order valence-corrected chi connectivity index (χ4v) is 3.24. The van der Waals surface area contributed by atoms with Crippen LogP contribution in [0.3, 0.4) is 0 Å². The number of hydrogen-bond donors (Lipinski definition) is 2. The largest absolute Gasteiger partial charge is 0.355 e. The maximum absolute atomic E-state index is 4.48. The molecule has 0 amide bonds. The third-order valence-corrected chi connectivity index (χ3v) is 4.30. The molecule has 4 heteroatoms. The lowest BCUT2D eigenvalue weighted by molar-refractivity contribution is 0.168. The van der Waals surface area contributed by atoms with Crippen LogP contribution in [0.5, 0.6) is 0 Å². The molecule has 2 rings (SSSR count). The van der Waals surface area contributed by atoms with Crippen LogP contribution in [0.1, 0.15) is 39.2 Å². The third kappa shape index (κ3) is 4.18. The Bertz CT molecular complexity index is 419. The molecule has 2 heterocycles. The van der Waals surface area contributed by atoms with Crippen molar-refractivity contribution in [2.45, 2.75) is 46.7 Å². The highest BCUT2D eigenvalue weighted by Crippen LogP contribution is 2.34. The lowest BCUT2D eigenvalue weighted by Gasteiger charge is -2.38. The molecule has 2 unspecified atom stereocenters. The van der Waals surface area contributed by atoms with Crippen molar-refractivity contribution in [2.75, 3.05) is 11.9 Å². The monoisotopic (exact) mass is 325 g/mol. The Morgan fingerprint density at radius 1 is 1.37 bits per heavy atom. The molecule has 1 aromatic rings. The first-order chi connectivity index (χ1) is 8.84.